The fourth-order valence-electron chi connectivity index (χ4n) is 2.39. The largest absolute Gasteiger partial charge is 0.480 e. The number of hydrogen-bond acceptors (Lipinski definition) is 5. The highest BCUT2D eigenvalue weighted by atomic mass is 16.5. The number of benzene rings is 1. The highest BCUT2D eigenvalue weighted by molar-refractivity contribution is 5.89. The number of carbonyl (C=O) groups is 3. The van der Waals surface area contributed by atoms with E-state index in [-0.39, 0.29) is 19.1 Å². The average Bonchev–Trinajstić information content (AvgIpc) is 2.62. The average molecular weight is 408 g/mol. The number of nitrogens with one attached hydrogen (secondary N) is 2. The lowest BCUT2D eigenvalue weighted by molar-refractivity contribution is -0.145. The molecule has 3 N–H and O–H groups in total. The lowest BCUT2D eigenvalue weighted by Gasteiger charge is -2.25. The maximum Gasteiger partial charge on any atom is 0.408 e. The standard InChI is InChI=1S/C21H32N2O6/c1-14(2)11-16(23-20(27)28-12-15-9-7-6-8-10-15)18(24)22-17(19(25)26)13-29-21(3,4)5/h6-10,14,16-17H,11-13H2,1-5H3,(H,22,24)(H,23,27)(H,25,26)/t16-,17-/m0/s1. The molecule has 0 aromatic heterocycles. The van der Waals surface area contributed by atoms with Gasteiger partial charge in [0.05, 0.1) is 12.2 Å². The SMILES string of the molecule is CC(C)C[C@H](NC(=O)OCc1ccccc1)C(=O)N[C@@H](COC(C)(C)C)C(=O)O. The molecule has 0 aliphatic carbocycles. The van der Waals surface area contributed by atoms with Gasteiger partial charge in [-0.25, -0.2) is 9.59 Å². The van der Waals surface area contributed by atoms with Crippen LogP contribution < -0.4 is 10.6 Å². The molecule has 1 aromatic rings. The molecule has 0 bridgehead atoms. The number of alkyl carbamates (subject to hydrolysis) is 1. The van der Waals surface area contributed by atoms with Gasteiger partial charge in [-0.05, 0) is 38.7 Å². The minimum absolute atomic E-state index is 0.0693. The Hall–Kier alpha value is -2.61. The highest BCUT2D eigenvalue weighted by Crippen LogP contribution is 2.09. The summed E-state index contributed by atoms with van der Waals surface area (Å²) in [6.07, 6.45) is -0.411. The summed E-state index contributed by atoms with van der Waals surface area (Å²) in [4.78, 5) is 36.2. The number of ether oxygens (including phenoxy) is 2. The Kier molecular flexibility index (Phi) is 9.61. The molecule has 8 nitrogen and oxygen atoms in total. The van der Waals surface area contributed by atoms with Gasteiger partial charge in [-0.3, -0.25) is 4.79 Å². The highest BCUT2D eigenvalue weighted by Gasteiger charge is 2.28. The predicted octanol–water partition coefficient (Wildman–Crippen LogP) is 2.71. The molecule has 1 aromatic carbocycles. The van der Waals surface area contributed by atoms with Crippen LogP contribution in [0.15, 0.2) is 30.3 Å². The summed E-state index contributed by atoms with van der Waals surface area (Å²) in [5.41, 5.74) is 0.271. The topological polar surface area (TPSA) is 114 Å². The number of carbonyl (C=O) groups excluding carboxylic acids is 2. The Labute approximate surface area is 172 Å². The molecule has 0 fully saturated rings. The van der Waals surface area contributed by atoms with Gasteiger partial charge in [0.15, 0.2) is 6.04 Å². The van der Waals surface area contributed by atoms with Crippen molar-refractivity contribution in [2.75, 3.05) is 6.61 Å². The zero-order valence-corrected chi connectivity index (χ0v) is 17.7. The first-order valence-electron chi connectivity index (χ1n) is 9.62. The van der Waals surface area contributed by atoms with Crippen molar-refractivity contribution in [1.29, 1.82) is 0 Å². The summed E-state index contributed by atoms with van der Waals surface area (Å²) in [6.45, 7) is 9.05. The lowest BCUT2D eigenvalue weighted by atomic mass is 10.0. The van der Waals surface area contributed by atoms with E-state index in [9.17, 15) is 19.5 Å². The molecule has 0 saturated carbocycles. The Balaban J connectivity index is 2.69. The number of aliphatic carboxylic acids is 1. The Bertz CT molecular complexity index is 669. The van der Waals surface area contributed by atoms with Crippen LogP contribution in [-0.2, 0) is 25.7 Å². The molecule has 0 heterocycles. The monoisotopic (exact) mass is 408 g/mol. The summed E-state index contributed by atoms with van der Waals surface area (Å²) in [5.74, 6) is -1.72. The van der Waals surface area contributed by atoms with Gasteiger partial charge in [-0.1, -0.05) is 44.2 Å². The Morgan fingerprint density at radius 2 is 1.66 bits per heavy atom. The fourth-order valence-corrected chi connectivity index (χ4v) is 2.39. The first-order valence-corrected chi connectivity index (χ1v) is 9.62. The summed E-state index contributed by atoms with van der Waals surface area (Å²) in [6, 6.07) is 7.01. The van der Waals surface area contributed by atoms with Crippen molar-refractivity contribution < 1.29 is 29.0 Å². The minimum Gasteiger partial charge on any atom is -0.480 e. The van der Waals surface area contributed by atoms with Crippen LogP contribution in [0.4, 0.5) is 4.79 Å². The van der Waals surface area contributed by atoms with E-state index < -0.39 is 35.7 Å². The van der Waals surface area contributed by atoms with Gasteiger partial charge in [0.1, 0.15) is 12.6 Å². The third-order valence-electron chi connectivity index (χ3n) is 3.83. The summed E-state index contributed by atoms with van der Waals surface area (Å²) < 4.78 is 10.6. The summed E-state index contributed by atoms with van der Waals surface area (Å²) in [5, 5.41) is 14.3. The van der Waals surface area contributed by atoms with Crippen LogP contribution in [0.3, 0.4) is 0 Å². The van der Waals surface area contributed by atoms with Crippen LogP contribution in [0.1, 0.15) is 46.6 Å². The molecule has 0 aliphatic rings. The molecule has 2 amide bonds. The first-order chi connectivity index (χ1) is 13.5. The quantitative estimate of drug-likeness (QED) is 0.548. The summed E-state index contributed by atoms with van der Waals surface area (Å²) in [7, 11) is 0. The molecule has 0 aliphatic heterocycles. The third kappa shape index (κ3) is 10.5. The van der Waals surface area contributed by atoms with Crippen molar-refractivity contribution in [2.24, 2.45) is 5.92 Å². The molecule has 29 heavy (non-hydrogen) atoms. The van der Waals surface area contributed by atoms with Crippen molar-refractivity contribution in [3.8, 4) is 0 Å². The van der Waals surface area contributed by atoms with E-state index in [2.05, 4.69) is 10.6 Å². The molecule has 1 rings (SSSR count). The van der Waals surface area contributed by atoms with Crippen LogP contribution in [0.5, 0.6) is 0 Å². The smallest absolute Gasteiger partial charge is 0.408 e. The van der Waals surface area contributed by atoms with Crippen molar-refractivity contribution in [2.45, 2.75) is 65.3 Å². The van der Waals surface area contributed by atoms with E-state index in [1.54, 1.807) is 20.8 Å². The molecule has 0 unspecified atom stereocenters. The van der Waals surface area contributed by atoms with Gasteiger partial charge < -0.3 is 25.2 Å². The van der Waals surface area contributed by atoms with Crippen molar-refractivity contribution in [3.63, 3.8) is 0 Å². The number of hydrogen-bond donors (Lipinski definition) is 3. The van der Waals surface area contributed by atoms with E-state index in [4.69, 9.17) is 9.47 Å². The molecule has 0 spiro atoms. The second-order valence-electron chi connectivity index (χ2n) is 8.21. The first kappa shape index (κ1) is 24.4. The van der Waals surface area contributed by atoms with E-state index >= 15 is 0 Å². The molecule has 2 atom stereocenters. The van der Waals surface area contributed by atoms with Crippen LogP contribution in [0.2, 0.25) is 0 Å². The normalized spacial score (nSPS) is 13.4. The molecule has 162 valence electrons. The van der Waals surface area contributed by atoms with Crippen LogP contribution in [-0.4, -0.2) is 47.4 Å². The molecule has 8 heteroatoms. The maximum atomic E-state index is 12.6. The van der Waals surface area contributed by atoms with Crippen molar-refractivity contribution in [3.05, 3.63) is 35.9 Å². The third-order valence-corrected chi connectivity index (χ3v) is 3.83. The summed E-state index contributed by atoms with van der Waals surface area (Å²) >= 11 is 0. The van der Waals surface area contributed by atoms with E-state index in [0.717, 1.165) is 5.56 Å². The maximum absolute atomic E-state index is 12.6. The van der Waals surface area contributed by atoms with E-state index in [0.29, 0.717) is 6.42 Å². The van der Waals surface area contributed by atoms with Gasteiger partial charge in [0, 0.05) is 0 Å². The van der Waals surface area contributed by atoms with Gasteiger partial charge >= 0.3 is 12.1 Å². The van der Waals surface area contributed by atoms with Gasteiger partial charge in [-0.2, -0.15) is 0 Å². The van der Waals surface area contributed by atoms with Gasteiger partial charge in [-0.15, -0.1) is 0 Å². The van der Waals surface area contributed by atoms with Crippen molar-refractivity contribution >= 4 is 18.0 Å². The Morgan fingerprint density at radius 3 is 2.17 bits per heavy atom. The zero-order chi connectivity index (χ0) is 22.0. The van der Waals surface area contributed by atoms with E-state index in [1.165, 1.54) is 0 Å². The van der Waals surface area contributed by atoms with Crippen molar-refractivity contribution in [1.82, 2.24) is 10.6 Å². The van der Waals surface area contributed by atoms with Gasteiger partial charge in [0.25, 0.3) is 0 Å². The second-order valence-corrected chi connectivity index (χ2v) is 8.21. The van der Waals surface area contributed by atoms with E-state index in [1.807, 2.05) is 44.2 Å². The number of rotatable bonds is 10. The Morgan fingerprint density at radius 1 is 1.03 bits per heavy atom. The second kappa shape index (κ2) is 11.4. The van der Waals surface area contributed by atoms with Crippen LogP contribution in [0.25, 0.3) is 0 Å². The number of carboxylic acids is 1. The molecular weight excluding hydrogens is 376 g/mol. The molecule has 0 saturated heterocycles. The minimum atomic E-state index is -1.22. The fraction of sp³-hybridized carbons (Fsp3) is 0.571. The van der Waals surface area contributed by atoms with Gasteiger partial charge in [0.2, 0.25) is 5.91 Å². The molecular formula is C21H32N2O6. The van der Waals surface area contributed by atoms with Crippen LogP contribution >= 0.6 is 0 Å². The molecule has 0 radical (unpaired) electrons. The predicted molar refractivity (Wildman–Crippen MR) is 108 cm³/mol. The number of carboxylic acid groups (broad SMARTS) is 1. The van der Waals surface area contributed by atoms with Crippen LogP contribution in [0, 0.1) is 5.92 Å². The zero-order valence-electron chi connectivity index (χ0n) is 17.7. The lowest BCUT2D eigenvalue weighted by Crippen LogP contribution is -2.53. The number of amides is 2.